The van der Waals surface area contributed by atoms with Crippen molar-refractivity contribution in [3.05, 3.63) is 69.8 Å². The van der Waals surface area contributed by atoms with Gasteiger partial charge in [0, 0.05) is 69.0 Å². The molecule has 0 aromatic heterocycles. The summed E-state index contributed by atoms with van der Waals surface area (Å²) in [6.07, 6.45) is 2.52. The number of nitrogens with one attached hydrogen (secondary N) is 2. The van der Waals surface area contributed by atoms with Crippen molar-refractivity contribution in [2.45, 2.75) is 78.7 Å². The van der Waals surface area contributed by atoms with E-state index in [1.165, 1.54) is 53.3 Å². The summed E-state index contributed by atoms with van der Waals surface area (Å²) in [5.74, 6) is -8.65. The second kappa shape index (κ2) is 17.2. The minimum Gasteiger partial charge on any atom is -0.507 e. The highest BCUT2D eigenvalue weighted by molar-refractivity contribution is 6.32. The Morgan fingerprint density at radius 3 is 2.25 bits per heavy atom. The number of ketones is 3. The molecule has 6 rings (SSSR count). The van der Waals surface area contributed by atoms with Crippen LogP contribution in [0.5, 0.6) is 11.5 Å². The van der Waals surface area contributed by atoms with Gasteiger partial charge in [0.25, 0.3) is 11.7 Å². The van der Waals surface area contributed by atoms with E-state index >= 15 is 0 Å². The van der Waals surface area contributed by atoms with Crippen LogP contribution < -0.4 is 15.4 Å². The molecule has 1 aliphatic carbocycles. The Kier molecular flexibility index (Phi) is 13.0. The summed E-state index contributed by atoms with van der Waals surface area (Å²) >= 11 is 0. The van der Waals surface area contributed by atoms with E-state index in [-0.39, 0.29) is 65.7 Å². The Balaban J connectivity index is 1.67. The number of methoxy groups -OCH3 is 1. The molecule has 9 atom stereocenters. The van der Waals surface area contributed by atoms with Crippen LogP contribution in [0.3, 0.4) is 0 Å². The molecule has 0 radical (unpaired) electrons. The molecule has 0 spiro atoms. The highest BCUT2D eigenvalue weighted by atomic mass is 16.7. The standard InChI is InChI=1S/C41H53N3O13/c1-19-11-10-12-20(2)39(51)43-29-30(44-14-17-54-18-15-44)35(49)26-27(34(29)48)33(47)24(6)37-28(26)38(50)41(7,57-37)55-16-13-25(53-9)21(3)36(56-40(52)42-8)23(5)32(46)22(4)31(19)45/h10-13,16,19,21-23,25,31-32,36,45-47H,14-15,17-18H2,1-9H3,(H,42,52)(H,43,51)/b11-10+,16-13+,20-12-/t19-,21+,22+,23+,25-,31-,32+,36+,41-/m0/s1. The summed E-state index contributed by atoms with van der Waals surface area (Å²) in [5, 5.41) is 39.4. The zero-order chi connectivity index (χ0) is 42.1. The fraction of sp³-hybridized carbons (Fsp3) is 0.537. The maximum Gasteiger partial charge on any atom is 0.407 e. The number of alkyl carbamates (subject to hydrolysis) is 1. The number of hydrogen-bond acceptors (Lipinski definition) is 14. The second-order valence-electron chi connectivity index (χ2n) is 15.2. The number of phenols is 1. The van der Waals surface area contributed by atoms with Gasteiger partial charge in [0.05, 0.1) is 54.5 Å². The lowest BCUT2D eigenvalue weighted by Gasteiger charge is -2.38. The Hall–Kier alpha value is -5.03. The van der Waals surface area contributed by atoms with Crippen LogP contribution in [0.15, 0.2) is 47.5 Å². The number of aliphatic hydroxyl groups is 2. The fourth-order valence-electron chi connectivity index (χ4n) is 7.76. The number of allylic oxidation sites excluding steroid dienone is 4. The smallest absolute Gasteiger partial charge is 0.407 e. The first kappa shape index (κ1) is 43.1. The van der Waals surface area contributed by atoms with Crippen molar-refractivity contribution < 1.29 is 63.0 Å². The quantitative estimate of drug-likeness (QED) is 0.297. The van der Waals surface area contributed by atoms with Crippen molar-refractivity contribution in [2.75, 3.05) is 40.5 Å². The van der Waals surface area contributed by atoms with Gasteiger partial charge in [-0.05, 0) is 19.9 Å². The zero-order valence-corrected chi connectivity index (χ0v) is 33.7. The Bertz CT molecular complexity index is 1930. The number of phenolic OH excluding ortho intramolecular Hbond substituents is 1. The number of morpholine rings is 1. The second-order valence-corrected chi connectivity index (χ2v) is 15.2. The molecule has 0 saturated carbocycles. The van der Waals surface area contributed by atoms with Crippen LogP contribution >= 0.6 is 0 Å². The predicted molar refractivity (Wildman–Crippen MR) is 204 cm³/mol. The third-order valence-electron chi connectivity index (χ3n) is 11.4. The van der Waals surface area contributed by atoms with Gasteiger partial charge < -0.3 is 54.5 Å². The number of benzene rings is 1. The number of aliphatic hydroxyl groups excluding tert-OH is 2. The molecule has 57 heavy (non-hydrogen) atoms. The van der Waals surface area contributed by atoms with Crippen molar-refractivity contribution >= 4 is 29.4 Å². The van der Waals surface area contributed by atoms with Gasteiger partial charge in [0.1, 0.15) is 29.0 Å². The number of aromatic hydroxyl groups is 1. The maximum absolute atomic E-state index is 14.7. The summed E-state index contributed by atoms with van der Waals surface area (Å²) < 4.78 is 29.0. The first-order valence-corrected chi connectivity index (χ1v) is 19.0. The molecule has 5 bridgehead atoms. The van der Waals surface area contributed by atoms with Crippen LogP contribution in [0.2, 0.25) is 0 Å². The number of nitrogens with zero attached hydrogens (tertiary/aromatic N) is 1. The van der Waals surface area contributed by atoms with Crippen molar-refractivity contribution in [1.29, 1.82) is 0 Å². The van der Waals surface area contributed by atoms with E-state index in [1.54, 1.807) is 44.7 Å². The van der Waals surface area contributed by atoms with Crippen LogP contribution in [-0.4, -0.2) is 120 Å². The molecule has 1 fully saturated rings. The maximum atomic E-state index is 14.7. The molecule has 16 nitrogen and oxygen atoms in total. The lowest BCUT2D eigenvalue weighted by Crippen LogP contribution is -2.47. The fourth-order valence-corrected chi connectivity index (χ4v) is 7.76. The van der Waals surface area contributed by atoms with Gasteiger partial charge >= 0.3 is 11.9 Å². The van der Waals surface area contributed by atoms with E-state index in [1.807, 2.05) is 0 Å². The summed E-state index contributed by atoms with van der Waals surface area (Å²) in [6, 6.07) is 0. The van der Waals surface area contributed by atoms with E-state index in [0.29, 0.717) is 0 Å². The van der Waals surface area contributed by atoms with Crippen LogP contribution in [-0.2, 0) is 23.7 Å². The Morgan fingerprint density at radius 1 is 0.947 bits per heavy atom. The van der Waals surface area contributed by atoms with Gasteiger partial charge in [-0.15, -0.1) is 0 Å². The average Bonchev–Trinajstić information content (AvgIpc) is 3.46. The van der Waals surface area contributed by atoms with Crippen LogP contribution in [0.4, 0.5) is 4.79 Å². The van der Waals surface area contributed by atoms with Gasteiger partial charge in [-0.25, -0.2) is 4.79 Å². The van der Waals surface area contributed by atoms with Crippen molar-refractivity contribution in [2.24, 2.45) is 23.7 Å². The average molecular weight is 796 g/mol. The Labute approximate surface area is 331 Å². The molecule has 4 aliphatic heterocycles. The molecule has 310 valence electrons. The summed E-state index contributed by atoms with van der Waals surface area (Å²) in [4.78, 5) is 71.3. The largest absolute Gasteiger partial charge is 0.507 e. The first-order valence-electron chi connectivity index (χ1n) is 19.0. The minimum absolute atomic E-state index is 0.00236. The van der Waals surface area contributed by atoms with E-state index in [2.05, 4.69) is 10.6 Å². The third-order valence-corrected chi connectivity index (χ3v) is 11.4. The van der Waals surface area contributed by atoms with Gasteiger partial charge in [-0.2, -0.15) is 0 Å². The van der Waals surface area contributed by atoms with Crippen molar-refractivity contribution in [3.63, 3.8) is 0 Å². The lowest BCUT2D eigenvalue weighted by atomic mass is 9.78. The molecule has 2 amide bonds. The number of carbonyl (C=O) groups excluding carboxylic acids is 5. The number of amides is 2. The predicted octanol–water partition coefficient (Wildman–Crippen LogP) is 3.08. The normalized spacial score (nSPS) is 33.5. The minimum atomic E-state index is -2.08. The number of carbonyl (C=O) groups is 5. The highest BCUT2D eigenvalue weighted by Gasteiger charge is 2.53. The number of ether oxygens (including phenoxy) is 5. The van der Waals surface area contributed by atoms with Gasteiger partial charge in [-0.1, -0.05) is 45.9 Å². The van der Waals surface area contributed by atoms with E-state index < -0.39 is 94.5 Å². The topological polar surface area (TPSA) is 219 Å². The van der Waals surface area contributed by atoms with Gasteiger partial charge in [0.2, 0.25) is 11.6 Å². The lowest BCUT2D eigenvalue weighted by molar-refractivity contribution is -0.116. The van der Waals surface area contributed by atoms with E-state index in [0.717, 1.165) is 0 Å². The number of fused-ring (bicyclic) bond motifs is 14. The molecule has 1 saturated heterocycles. The van der Waals surface area contributed by atoms with E-state index in [4.69, 9.17) is 23.7 Å². The number of rotatable bonds is 3. The van der Waals surface area contributed by atoms with Crippen molar-refractivity contribution in [1.82, 2.24) is 15.5 Å². The molecule has 5 N–H and O–H groups in total. The van der Waals surface area contributed by atoms with Crippen LogP contribution in [0.25, 0.3) is 0 Å². The van der Waals surface area contributed by atoms with Gasteiger partial charge in [0.15, 0.2) is 0 Å². The third kappa shape index (κ3) is 8.08. The molecule has 1 aromatic rings. The Morgan fingerprint density at radius 2 is 1.61 bits per heavy atom. The number of hydrogen-bond donors (Lipinski definition) is 5. The summed E-state index contributed by atoms with van der Waals surface area (Å²) in [5.41, 5.74) is -1.50. The first-order chi connectivity index (χ1) is 26.9. The molecular weight excluding hydrogens is 742 g/mol. The molecule has 16 heteroatoms. The SMILES string of the molecule is CNC(=O)O[C@H]1[C@H](C)[C@H](O)[C@H](C)[C@@H](O)[C@@H](C)/C=C/C=C(/C)C(=O)NC2=C(N3CCOCC3)C(=O)c3c(c(O)c(C)c4c3C(=O)[C@@](C)(O/C=C/[C@H](OC)[C@H]1C)O4)C2=O. The zero-order valence-electron chi connectivity index (χ0n) is 33.7. The molecule has 5 aliphatic rings. The molecule has 4 heterocycles. The van der Waals surface area contributed by atoms with Crippen LogP contribution in [0.1, 0.15) is 78.2 Å². The summed E-state index contributed by atoms with van der Waals surface area (Å²) in [6.45, 7) is 11.9. The number of Topliss-reactive ketones (excluding diaryl/α,β-unsaturated/α-hetero) is 3. The van der Waals surface area contributed by atoms with Crippen LogP contribution in [0, 0.1) is 30.6 Å². The van der Waals surface area contributed by atoms with E-state index in [9.17, 15) is 39.3 Å². The monoisotopic (exact) mass is 795 g/mol. The molecular formula is C41H53N3O13. The van der Waals surface area contributed by atoms with Crippen molar-refractivity contribution in [3.8, 4) is 11.5 Å². The highest BCUT2D eigenvalue weighted by Crippen LogP contribution is 2.49. The van der Waals surface area contributed by atoms with Gasteiger partial charge in [-0.3, -0.25) is 19.2 Å². The molecule has 1 aromatic carbocycles. The molecule has 0 unspecified atom stereocenters. The summed E-state index contributed by atoms with van der Waals surface area (Å²) in [7, 11) is 2.81.